The van der Waals surface area contributed by atoms with Gasteiger partial charge in [0.2, 0.25) is 0 Å². The standard InChI is InChI=1S/C16H20N2O/c1-18-13(6-4-10-17)11-19-16-14-7-3-2-5-12(14)8-9-15(16)18/h2-3,5,7-9,13H,4,6,10-11,17H2,1H3. The van der Waals surface area contributed by atoms with Gasteiger partial charge in [-0.3, -0.25) is 0 Å². The van der Waals surface area contributed by atoms with Gasteiger partial charge in [-0.1, -0.05) is 30.3 Å². The molecule has 1 aliphatic rings. The summed E-state index contributed by atoms with van der Waals surface area (Å²) in [6.07, 6.45) is 2.13. The van der Waals surface area contributed by atoms with Gasteiger partial charge >= 0.3 is 0 Å². The largest absolute Gasteiger partial charge is 0.489 e. The third-order valence-corrected chi connectivity index (χ3v) is 3.95. The fourth-order valence-electron chi connectivity index (χ4n) is 2.78. The molecule has 3 nitrogen and oxygen atoms in total. The highest BCUT2D eigenvalue weighted by molar-refractivity contribution is 5.94. The highest BCUT2D eigenvalue weighted by Gasteiger charge is 2.25. The molecule has 1 unspecified atom stereocenters. The number of ether oxygens (including phenoxy) is 1. The van der Waals surface area contributed by atoms with Gasteiger partial charge < -0.3 is 15.4 Å². The quantitative estimate of drug-likeness (QED) is 0.917. The molecular weight excluding hydrogens is 236 g/mol. The number of hydrogen-bond donors (Lipinski definition) is 1. The minimum Gasteiger partial charge on any atom is -0.489 e. The number of anilines is 1. The van der Waals surface area contributed by atoms with Crippen LogP contribution in [0, 0.1) is 0 Å². The Labute approximate surface area is 114 Å². The van der Waals surface area contributed by atoms with Gasteiger partial charge in [0.15, 0.2) is 5.75 Å². The number of nitrogens with two attached hydrogens (primary N) is 1. The Kier molecular flexibility index (Phi) is 3.30. The molecule has 0 saturated heterocycles. The van der Waals surface area contributed by atoms with Gasteiger partial charge in [-0.15, -0.1) is 0 Å². The van der Waals surface area contributed by atoms with Gasteiger partial charge in [0.05, 0.1) is 11.7 Å². The minimum atomic E-state index is 0.428. The summed E-state index contributed by atoms with van der Waals surface area (Å²) in [6, 6.07) is 13.1. The van der Waals surface area contributed by atoms with E-state index in [1.54, 1.807) is 0 Å². The number of benzene rings is 2. The molecule has 19 heavy (non-hydrogen) atoms. The van der Waals surface area contributed by atoms with Crippen molar-refractivity contribution < 1.29 is 4.74 Å². The van der Waals surface area contributed by atoms with Gasteiger partial charge in [-0.25, -0.2) is 0 Å². The van der Waals surface area contributed by atoms with Crippen molar-refractivity contribution in [3.63, 3.8) is 0 Å². The number of nitrogens with zero attached hydrogens (tertiary/aromatic N) is 1. The first-order valence-corrected chi connectivity index (χ1v) is 6.88. The Morgan fingerprint density at radius 1 is 1.26 bits per heavy atom. The Balaban J connectivity index is 1.98. The van der Waals surface area contributed by atoms with Crippen LogP contribution in [0.25, 0.3) is 10.8 Å². The third-order valence-electron chi connectivity index (χ3n) is 3.95. The molecular formula is C16H20N2O. The zero-order valence-corrected chi connectivity index (χ0v) is 11.3. The second kappa shape index (κ2) is 5.10. The molecule has 100 valence electrons. The smallest absolute Gasteiger partial charge is 0.150 e. The van der Waals surface area contributed by atoms with Crippen molar-refractivity contribution in [3.05, 3.63) is 36.4 Å². The predicted octanol–water partition coefficient (Wildman–Crippen LogP) is 2.78. The van der Waals surface area contributed by atoms with Crippen molar-refractivity contribution in [3.8, 4) is 5.75 Å². The average Bonchev–Trinajstić information content (AvgIpc) is 2.46. The fraction of sp³-hybridized carbons (Fsp3) is 0.375. The second-order valence-corrected chi connectivity index (χ2v) is 5.14. The van der Waals surface area contributed by atoms with E-state index in [-0.39, 0.29) is 0 Å². The first-order chi connectivity index (χ1) is 9.31. The van der Waals surface area contributed by atoms with Crippen LogP contribution in [0.2, 0.25) is 0 Å². The van der Waals surface area contributed by atoms with Gasteiger partial charge in [0, 0.05) is 12.4 Å². The highest BCUT2D eigenvalue weighted by Crippen LogP contribution is 2.39. The lowest BCUT2D eigenvalue weighted by molar-refractivity contribution is 0.261. The van der Waals surface area contributed by atoms with Crippen LogP contribution in [0.3, 0.4) is 0 Å². The molecule has 1 aliphatic heterocycles. The number of hydrogen-bond acceptors (Lipinski definition) is 3. The van der Waals surface area contributed by atoms with E-state index in [2.05, 4.69) is 48.3 Å². The summed E-state index contributed by atoms with van der Waals surface area (Å²) in [6.45, 7) is 1.49. The van der Waals surface area contributed by atoms with E-state index in [9.17, 15) is 0 Å². The number of rotatable bonds is 3. The summed E-state index contributed by atoms with van der Waals surface area (Å²) in [7, 11) is 2.15. The van der Waals surface area contributed by atoms with E-state index in [1.807, 2.05) is 0 Å². The Morgan fingerprint density at radius 2 is 2.11 bits per heavy atom. The Bertz CT molecular complexity index is 582. The second-order valence-electron chi connectivity index (χ2n) is 5.14. The molecule has 0 aromatic heterocycles. The third kappa shape index (κ3) is 2.15. The summed E-state index contributed by atoms with van der Waals surface area (Å²) >= 11 is 0. The van der Waals surface area contributed by atoms with E-state index < -0.39 is 0 Å². The van der Waals surface area contributed by atoms with E-state index in [0.29, 0.717) is 6.04 Å². The molecule has 0 aliphatic carbocycles. The molecule has 0 fully saturated rings. The molecule has 0 amide bonds. The van der Waals surface area contributed by atoms with Crippen LogP contribution >= 0.6 is 0 Å². The molecule has 0 saturated carbocycles. The zero-order valence-electron chi connectivity index (χ0n) is 11.3. The minimum absolute atomic E-state index is 0.428. The lowest BCUT2D eigenvalue weighted by atomic mass is 10.0. The maximum absolute atomic E-state index is 6.03. The molecule has 1 atom stereocenters. The van der Waals surface area contributed by atoms with Crippen LogP contribution in [0.1, 0.15) is 12.8 Å². The van der Waals surface area contributed by atoms with Crippen LogP contribution < -0.4 is 15.4 Å². The maximum atomic E-state index is 6.03. The summed E-state index contributed by atoms with van der Waals surface area (Å²) in [5.74, 6) is 1.02. The zero-order chi connectivity index (χ0) is 13.2. The van der Waals surface area contributed by atoms with Crippen molar-refractivity contribution >= 4 is 16.5 Å². The number of fused-ring (bicyclic) bond motifs is 3. The van der Waals surface area contributed by atoms with Crippen molar-refractivity contribution in [2.24, 2.45) is 5.73 Å². The molecule has 2 aromatic carbocycles. The molecule has 3 rings (SSSR count). The van der Waals surface area contributed by atoms with Crippen molar-refractivity contribution in [2.45, 2.75) is 18.9 Å². The first kappa shape index (κ1) is 12.3. The molecule has 0 radical (unpaired) electrons. The molecule has 0 spiro atoms. The van der Waals surface area contributed by atoms with E-state index in [4.69, 9.17) is 10.5 Å². The summed E-state index contributed by atoms with van der Waals surface area (Å²) in [5.41, 5.74) is 6.79. The normalized spacial score (nSPS) is 18.2. The molecule has 3 heteroatoms. The van der Waals surface area contributed by atoms with Crippen LogP contribution in [0.15, 0.2) is 36.4 Å². The SMILES string of the molecule is CN1c2ccc3ccccc3c2OCC1CCCN. The predicted molar refractivity (Wildman–Crippen MR) is 79.9 cm³/mol. The van der Waals surface area contributed by atoms with Gasteiger partial charge in [-0.2, -0.15) is 0 Å². The Hall–Kier alpha value is -1.74. The molecule has 0 bridgehead atoms. The number of likely N-dealkylation sites (N-methyl/N-ethyl adjacent to an activating group) is 1. The van der Waals surface area contributed by atoms with Crippen molar-refractivity contribution in [2.75, 3.05) is 25.1 Å². The fourth-order valence-corrected chi connectivity index (χ4v) is 2.78. The molecule has 1 heterocycles. The lowest BCUT2D eigenvalue weighted by Gasteiger charge is -2.36. The summed E-state index contributed by atoms with van der Waals surface area (Å²) in [4.78, 5) is 2.33. The van der Waals surface area contributed by atoms with Crippen LogP contribution in [0.5, 0.6) is 5.75 Å². The van der Waals surface area contributed by atoms with Gasteiger partial charge in [0.25, 0.3) is 0 Å². The van der Waals surface area contributed by atoms with Crippen LogP contribution in [0.4, 0.5) is 5.69 Å². The van der Waals surface area contributed by atoms with Crippen LogP contribution in [-0.4, -0.2) is 26.2 Å². The average molecular weight is 256 g/mol. The van der Waals surface area contributed by atoms with E-state index in [0.717, 1.165) is 31.7 Å². The lowest BCUT2D eigenvalue weighted by Crippen LogP contribution is -2.40. The highest BCUT2D eigenvalue weighted by atomic mass is 16.5. The molecule has 2 aromatic rings. The topological polar surface area (TPSA) is 38.5 Å². The van der Waals surface area contributed by atoms with Gasteiger partial charge in [0.1, 0.15) is 6.61 Å². The van der Waals surface area contributed by atoms with E-state index in [1.165, 1.54) is 16.5 Å². The van der Waals surface area contributed by atoms with E-state index >= 15 is 0 Å². The summed E-state index contributed by atoms with van der Waals surface area (Å²) in [5, 5.41) is 2.43. The Morgan fingerprint density at radius 3 is 2.95 bits per heavy atom. The van der Waals surface area contributed by atoms with Crippen LogP contribution in [-0.2, 0) is 0 Å². The van der Waals surface area contributed by atoms with Gasteiger partial charge in [-0.05, 0) is 30.8 Å². The molecule has 2 N–H and O–H groups in total. The first-order valence-electron chi connectivity index (χ1n) is 6.88. The van der Waals surface area contributed by atoms with Crippen molar-refractivity contribution in [1.29, 1.82) is 0 Å². The van der Waals surface area contributed by atoms with Crippen molar-refractivity contribution in [1.82, 2.24) is 0 Å². The summed E-state index contributed by atoms with van der Waals surface area (Å²) < 4.78 is 6.03. The maximum Gasteiger partial charge on any atom is 0.150 e. The monoisotopic (exact) mass is 256 g/mol.